The van der Waals surface area contributed by atoms with Gasteiger partial charge in [-0.1, -0.05) is 6.92 Å². The number of rotatable bonds is 4. The van der Waals surface area contributed by atoms with Crippen molar-refractivity contribution in [3.8, 4) is 0 Å². The number of pyridine rings is 1. The minimum absolute atomic E-state index is 0.170. The highest BCUT2D eigenvalue weighted by molar-refractivity contribution is 5.91. The van der Waals surface area contributed by atoms with Crippen LogP contribution in [0.15, 0.2) is 24.7 Å². The lowest BCUT2D eigenvalue weighted by atomic mass is 10.1. The molecule has 5 rings (SSSR count). The second-order valence-corrected chi connectivity index (χ2v) is 8.78. The normalized spacial score (nSPS) is 19.7. The van der Waals surface area contributed by atoms with Crippen molar-refractivity contribution in [1.29, 1.82) is 0 Å². The molecule has 3 heterocycles. The largest absolute Gasteiger partial charge is 0.449 e. The van der Waals surface area contributed by atoms with Crippen LogP contribution in [-0.2, 0) is 18.2 Å². The quantitative estimate of drug-likeness (QED) is 0.799. The molecule has 3 aliphatic rings. The molecule has 2 fully saturated rings. The Balaban J connectivity index is 1.26. The topological polar surface area (TPSA) is 63.5 Å². The second-order valence-electron chi connectivity index (χ2n) is 8.78. The summed E-state index contributed by atoms with van der Waals surface area (Å²) in [5, 5.41) is 4.29. The molecule has 7 heteroatoms. The van der Waals surface area contributed by atoms with Gasteiger partial charge in [0.15, 0.2) is 0 Å². The molecule has 29 heavy (non-hydrogen) atoms. The number of fused-ring (bicyclic) bond motifs is 1. The Bertz CT molecular complexity index is 967. The van der Waals surface area contributed by atoms with Gasteiger partial charge in [-0.2, -0.15) is 5.10 Å². The van der Waals surface area contributed by atoms with Crippen LogP contribution in [0.2, 0.25) is 0 Å². The third-order valence-corrected chi connectivity index (χ3v) is 6.33. The van der Waals surface area contributed by atoms with Crippen LogP contribution in [0, 0.1) is 5.41 Å². The Hall–Kier alpha value is -2.83. The van der Waals surface area contributed by atoms with E-state index in [9.17, 15) is 4.79 Å². The highest BCUT2D eigenvalue weighted by Gasteiger charge is 2.39. The van der Waals surface area contributed by atoms with Crippen molar-refractivity contribution in [2.75, 3.05) is 37.7 Å². The summed E-state index contributed by atoms with van der Waals surface area (Å²) in [4.78, 5) is 21.2. The number of aromatic nitrogens is 3. The van der Waals surface area contributed by atoms with Gasteiger partial charge in [-0.05, 0) is 30.6 Å². The zero-order valence-corrected chi connectivity index (χ0v) is 17.1. The number of hydrogen-bond acceptors (Lipinski definition) is 5. The van der Waals surface area contributed by atoms with E-state index in [1.54, 1.807) is 0 Å². The zero-order chi connectivity index (χ0) is 20.0. The SMILES string of the molecule is Cn1cc(C2=Cc3c(N4CCN(C(=O)OCC5(C)CC5)CC4)ccnc3C2)cn1. The van der Waals surface area contributed by atoms with Gasteiger partial charge in [0.25, 0.3) is 0 Å². The molecule has 1 amide bonds. The lowest BCUT2D eigenvalue weighted by molar-refractivity contribution is 0.0840. The van der Waals surface area contributed by atoms with Gasteiger partial charge in [0.05, 0.1) is 18.5 Å². The lowest BCUT2D eigenvalue weighted by Crippen LogP contribution is -2.49. The molecule has 1 aliphatic heterocycles. The Morgan fingerprint density at radius 1 is 1.24 bits per heavy atom. The molecule has 2 aromatic rings. The molecule has 152 valence electrons. The molecular weight excluding hydrogens is 366 g/mol. The van der Waals surface area contributed by atoms with E-state index in [1.165, 1.54) is 16.8 Å². The third-order valence-electron chi connectivity index (χ3n) is 6.33. The molecule has 1 saturated heterocycles. The van der Waals surface area contributed by atoms with Gasteiger partial charge in [0.2, 0.25) is 0 Å². The highest BCUT2D eigenvalue weighted by atomic mass is 16.6. The average molecular weight is 393 g/mol. The molecule has 0 N–H and O–H groups in total. The molecule has 0 atom stereocenters. The second kappa shape index (κ2) is 6.90. The molecule has 0 aromatic carbocycles. The van der Waals surface area contributed by atoms with E-state index in [1.807, 2.05) is 35.2 Å². The summed E-state index contributed by atoms with van der Waals surface area (Å²) in [6.45, 7) is 5.71. The minimum Gasteiger partial charge on any atom is -0.449 e. The number of hydrogen-bond donors (Lipinski definition) is 0. The fourth-order valence-electron chi connectivity index (χ4n) is 4.07. The molecule has 0 spiro atoms. The van der Waals surface area contributed by atoms with Crippen LogP contribution in [-0.4, -0.2) is 58.5 Å². The van der Waals surface area contributed by atoms with E-state index in [2.05, 4.69) is 34.0 Å². The van der Waals surface area contributed by atoms with Crippen LogP contribution in [0.5, 0.6) is 0 Å². The molecular formula is C22H27N5O2. The van der Waals surface area contributed by atoms with Gasteiger partial charge in [-0.15, -0.1) is 0 Å². The van der Waals surface area contributed by atoms with Gasteiger partial charge in [0.1, 0.15) is 0 Å². The van der Waals surface area contributed by atoms with Gasteiger partial charge >= 0.3 is 6.09 Å². The molecule has 0 bridgehead atoms. The fraction of sp³-hybridized carbons (Fsp3) is 0.500. The fourth-order valence-corrected chi connectivity index (χ4v) is 4.07. The predicted molar refractivity (Wildman–Crippen MR) is 111 cm³/mol. The maximum Gasteiger partial charge on any atom is 0.409 e. The summed E-state index contributed by atoms with van der Waals surface area (Å²) < 4.78 is 7.36. The van der Waals surface area contributed by atoms with Crippen LogP contribution in [0.1, 0.15) is 36.6 Å². The van der Waals surface area contributed by atoms with Crippen molar-refractivity contribution in [3.63, 3.8) is 0 Å². The van der Waals surface area contributed by atoms with Crippen LogP contribution in [0.4, 0.5) is 10.5 Å². The third kappa shape index (κ3) is 3.61. The Labute approximate surface area is 171 Å². The Morgan fingerprint density at radius 2 is 2.03 bits per heavy atom. The van der Waals surface area contributed by atoms with Crippen molar-refractivity contribution in [1.82, 2.24) is 19.7 Å². The summed E-state index contributed by atoms with van der Waals surface area (Å²) >= 11 is 0. The Kier molecular flexibility index (Phi) is 4.33. The highest BCUT2D eigenvalue weighted by Crippen LogP contribution is 2.45. The van der Waals surface area contributed by atoms with Crippen LogP contribution in [0.3, 0.4) is 0 Å². The first-order valence-corrected chi connectivity index (χ1v) is 10.3. The minimum atomic E-state index is -0.170. The number of nitrogens with zero attached hydrogens (tertiary/aromatic N) is 5. The summed E-state index contributed by atoms with van der Waals surface area (Å²) in [7, 11) is 1.94. The van der Waals surface area contributed by atoms with E-state index in [-0.39, 0.29) is 11.5 Å². The number of carbonyl (C=O) groups excluding carboxylic acids is 1. The number of anilines is 1. The van der Waals surface area contributed by atoms with E-state index in [4.69, 9.17) is 4.74 Å². The predicted octanol–water partition coefficient (Wildman–Crippen LogP) is 2.97. The first-order valence-electron chi connectivity index (χ1n) is 10.3. The van der Waals surface area contributed by atoms with Crippen LogP contribution < -0.4 is 4.90 Å². The molecule has 1 saturated carbocycles. The van der Waals surface area contributed by atoms with Crippen molar-refractivity contribution in [2.45, 2.75) is 26.2 Å². The number of carbonyl (C=O) groups is 1. The number of allylic oxidation sites excluding steroid dienone is 1. The van der Waals surface area contributed by atoms with E-state index in [0.717, 1.165) is 43.6 Å². The smallest absolute Gasteiger partial charge is 0.409 e. The molecule has 2 aliphatic carbocycles. The lowest BCUT2D eigenvalue weighted by Gasteiger charge is -2.36. The number of ether oxygens (including phenoxy) is 1. The molecule has 7 nitrogen and oxygen atoms in total. The number of amides is 1. The summed E-state index contributed by atoms with van der Waals surface area (Å²) in [5.41, 5.74) is 6.14. The average Bonchev–Trinajstić information content (AvgIpc) is 3.12. The maximum absolute atomic E-state index is 12.4. The standard InChI is InChI=1S/C22H27N5O2/c1-22(4-5-22)15-29-21(28)27-9-7-26(8-10-27)20-3-6-23-19-12-16(11-18(19)20)17-13-24-25(2)14-17/h3,6,11,13-14H,4-5,7-10,12,15H2,1-2H3. The zero-order valence-electron chi connectivity index (χ0n) is 17.1. The van der Waals surface area contributed by atoms with Gasteiger partial charge in [-0.3, -0.25) is 9.67 Å². The van der Waals surface area contributed by atoms with Crippen molar-refractivity contribution < 1.29 is 9.53 Å². The molecule has 0 radical (unpaired) electrons. The van der Waals surface area contributed by atoms with Gasteiger partial charge in [0, 0.05) is 74.3 Å². The number of piperazine rings is 1. The summed E-state index contributed by atoms with van der Waals surface area (Å²) in [5.74, 6) is 0. The van der Waals surface area contributed by atoms with E-state index in [0.29, 0.717) is 19.7 Å². The van der Waals surface area contributed by atoms with Crippen molar-refractivity contribution >= 4 is 23.4 Å². The summed E-state index contributed by atoms with van der Waals surface area (Å²) in [6, 6.07) is 2.09. The monoisotopic (exact) mass is 393 g/mol. The first-order chi connectivity index (χ1) is 14.0. The van der Waals surface area contributed by atoms with Gasteiger partial charge in [-0.25, -0.2) is 4.79 Å². The summed E-state index contributed by atoms with van der Waals surface area (Å²) in [6.07, 6.45) is 11.1. The van der Waals surface area contributed by atoms with Crippen molar-refractivity contribution in [3.05, 3.63) is 41.5 Å². The van der Waals surface area contributed by atoms with Crippen LogP contribution in [0.25, 0.3) is 11.6 Å². The molecule has 0 unspecified atom stereocenters. The Morgan fingerprint density at radius 3 is 2.72 bits per heavy atom. The molecule has 2 aromatic heterocycles. The van der Waals surface area contributed by atoms with Crippen molar-refractivity contribution in [2.24, 2.45) is 12.5 Å². The van der Waals surface area contributed by atoms with Crippen LogP contribution >= 0.6 is 0 Å². The number of aryl methyl sites for hydroxylation is 1. The van der Waals surface area contributed by atoms with Gasteiger partial charge < -0.3 is 14.5 Å². The maximum atomic E-state index is 12.4. The first kappa shape index (κ1) is 18.2. The van der Waals surface area contributed by atoms with E-state index >= 15 is 0 Å². The van der Waals surface area contributed by atoms with E-state index < -0.39 is 0 Å².